The molecule has 5 nitrogen and oxygen atoms in total. The molecule has 0 atom stereocenters. The lowest BCUT2D eigenvalue weighted by atomic mass is 10.4. The summed E-state index contributed by atoms with van der Waals surface area (Å²) >= 11 is 1.25. The number of oxime groups is 1. The zero-order chi connectivity index (χ0) is 8.97. The number of carbonyl (C=O) groups is 1. The minimum atomic E-state index is -0.00556. The third-order valence-corrected chi connectivity index (χ3v) is 2.23. The molecule has 0 aliphatic rings. The van der Waals surface area contributed by atoms with Crippen molar-refractivity contribution < 1.29 is 10.0 Å². The van der Waals surface area contributed by atoms with Crippen molar-refractivity contribution in [3.8, 4) is 0 Å². The lowest BCUT2D eigenvalue weighted by Gasteiger charge is -1.88. The van der Waals surface area contributed by atoms with Gasteiger partial charge in [-0.15, -0.1) is 0 Å². The van der Waals surface area contributed by atoms with E-state index in [-0.39, 0.29) is 5.71 Å². The smallest absolute Gasteiger partial charge is 0.182 e. The first-order chi connectivity index (χ1) is 5.81. The number of aldehydes is 1. The second kappa shape index (κ2) is 3.82. The van der Waals surface area contributed by atoms with Crippen molar-refractivity contribution in [1.82, 2.24) is 4.98 Å². The Morgan fingerprint density at radius 1 is 1.92 bits per heavy atom. The van der Waals surface area contributed by atoms with E-state index < -0.39 is 0 Å². The maximum absolute atomic E-state index is 10.3. The monoisotopic (exact) mass is 185 g/mol. The number of thiazole rings is 1. The number of nitrogens with one attached hydrogen (secondary N) is 1. The van der Waals surface area contributed by atoms with Crippen LogP contribution in [-0.4, -0.2) is 29.2 Å². The fraction of sp³-hybridized carbons (Fsp3) is 0.167. The van der Waals surface area contributed by atoms with E-state index in [1.807, 2.05) is 0 Å². The van der Waals surface area contributed by atoms with Gasteiger partial charge in [-0.05, 0) is 0 Å². The molecule has 1 aromatic rings. The highest BCUT2D eigenvalue weighted by atomic mass is 32.1. The van der Waals surface area contributed by atoms with Crippen molar-refractivity contribution in [3.05, 3.63) is 11.1 Å². The Kier molecular flexibility index (Phi) is 2.76. The van der Waals surface area contributed by atoms with Crippen LogP contribution in [0.3, 0.4) is 0 Å². The van der Waals surface area contributed by atoms with Gasteiger partial charge in [0, 0.05) is 13.2 Å². The van der Waals surface area contributed by atoms with Crippen LogP contribution in [0.1, 0.15) is 4.88 Å². The summed E-state index contributed by atoms with van der Waals surface area (Å²) in [6.07, 6.45) is 1.95. The van der Waals surface area contributed by atoms with E-state index in [1.165, 1.54) is 17.5 Å². The van der Waals surface area contributed by atoms with Gasteiger partial charge in [-0.2, -0.15) is 0 Å². The van der Waals surface area contributed by atoms with E-state index in [1.54, 1.807) is 7.05 Å². The number of hydrogen-bond donors (Lipinski definition) is 2. The molecule has 2 N–H and O–H groups in total. The highest BCUT2D eigenvalue weighted by molar-refractivity contribution is 7.18. The molecule has 64 valence electrons. The molecule has 0 bridgehead atoms. The van der Waals surface area contributed by atoms with Crippen LogP contribution in [-0.2, 0) is 4.79 Å². The average molecular weight is 185 g/mol. The molecule has 0 radical (unpaired) electrons. The molecule has 0 unspecified atom stereocenters. The molecular weight excluding hydrogens is 178 g/mol. The third-order valence-electron chi connectivity index (χ3n) is 1.19. The molecule has 1 rings (SSSR count). The predicted molar refractivity (Wildman–Crippen MR) is 46.0 cm³/mol. The molecule has 6 heteroatoms. The normalized spacial score (nSPS) is 11.2. The minimum Gasteiger partial charge on any atom is -0.410 e. The number of rotatable bonds is 3. The van der Waals surface area contributed by atoms with Gasteiger partial charge in [0.05, 0.1) is 4.88 Å². The fourth-order valence-electron chi connectivity index (χ4n) is 0.639. The van der Waals surface area contributed by atoms with E-state index >= 15 is 0 Å². The zero-order valence-electron chi connectivity index (χ0n) is 6.31. The largest absolute Gasteiger partial charge is 0.410 e. The summed E-state index contributed by atoms with van der Waals surface area (Å²) in [5.74, 6) is 0. The molecule has 0 spiro atoms. The number of nitrogens with zero attached hydrogens (tertiary/aromatic N) is 2. The summed E-state index contributed by atoms with van der Waals surface area (Å²) in [5.41, 5.74) is -0.00556. The van der Waals surface area contributed by atoms with Gasteiger partial charge in [-0.3, -0.25) is 4.79 Å². The second-order valence-corrected chi connectivity index (χ2v) is 2.91. The minimum absolute atomic E-state index is 0.00556. The Hall–Kier alpha value is -1.43. The van der Waals surface area contributed by atoms with Gasteiger partial charge in [0.25, 0.3) is 0 Å². The van der Waals surface area contributed by atoms with Crippen LogP contribution in [0.25, 0.3) is 0 Å². The Labute approximate surface area is 72.7 Å². The van der Waals surface area contributed by atoms with Gasteiger partial charge in [0.1, 0.15) is 0 Å². The Bertz CT molecular complexity index is 307. The van der Waals surface area contributed by atoms with Crippen LogP contribution >= 0.6 is 11.3 Å². The third kappa shape index (κ3) is 1.59. The standard InChI is InChI=1S/C6H7N3O2S/c1-7-6-8-2-5(12-6)4(3-10)9-11/h2-3,11H,1H3,(H,7,8)/b9-4-. The van der Waals surface area contributed by atoms with Crippen LogP contribution in [0.5, 0.6) is 0 Å². The molecule has 1 heterocycles. The molecule has 0 saturated heterocycles. The molecule has 0 amide bonds. The maximum Gasteiger partial charge on any atom is 0.182 e. The van der Waals surface area contributed by atoms with E-state index in [4.69, 9.17) is 5.21 Å². The number of aromatic nitrogens is 1. The molecule has 0 saturated carbocycles. The van der Waals surface area contributed by atoms with Crippen LogP contribution in [0.4, 0.5) is 5.13 Å². The number of anilines is 1. The zero-order valence-corrected chi connectivity index (χ0v) is 7.13. The number of carbonyl (C=O) groups excluding carboxylic acids is 1. The van der Waals surface area contributed by atoms with Gasteiger partial charge < -0.3 is 10.5 Å². The molecule has 0 aliphatic heterocycles. The Morgan fingerprint density at radius 3 is 3.08 bits per heavy atom. The predicted octanol–water partition coefficient (Wildman–Crippen LogP) is 0.562. The fourth-order valence-corrected chi connectivity index (χ4v) is 1.35. The van der Waals surface area contributed by atoms with Crippen LogP contribution < -0.4 is 5.32 Å². The van der Waals surface area contributed by atoms with Crippen LogP contribution in [0.15, 0.2) is 11.4 Å². The average Bonchev–Trinajstić information content (AvgIpc) is 2.55. The molecule has 0 fully saturated rings. The van der Waals surface area contributed by atoms with E-state index in [0.29, 0.717) is 16.3 Å². The van der Waals surface area contributed by atoms with E-state index in [2.05, 4.69) is 15.5 Å². The van der Waals surface area contributed by atoms with Gasteiger partial charge in [-0.1, -0.05) is 16.5 Å². The quantitative estimate of drug-likeness (QED) is 0.312. The first-order valence-electron chi connectivity index (χ1n) is 3.13. The van der Waals surface area contributed by atoms with Gasteiger partial charge >= 0.3 is 0 Å². The topological polar surface area (TPSA) is 74.6 Å². The molecular formula is C6H7N3O2S. The maximum atomic E-state index is 10.3. The SMILES string of the molecule is CNc1ncc(/C(C=O)=N\O)s1. The van der Waals surface area contributed by atoms with Crippen molar-refractivity contribution in [2.45, 2.75) is 0 Å². The van der Waals surface area contributed by atoms with Crippen molar-refractivity contribution in [2.24, 2.45) is 5.16 Å². The number of hydrogen-bond acceptors (Lipinski definition) is 6. The molecule has 12 heavy (non-hydrogen) atoms. The summed E-state index contributed by atoms with van der Waals surface area (Å²) in [5, 5.41) is 14.7. The summed E-state index contributed by atoms with van der Waals surface area (Å²) in [6, 6.07) is 0. The van der Waals surface area contributed by atoms with Crippen LogP contribution in [0.2, 0.25) is 0 Å². The highest BCUT2D eigenvalue weighted by Gasteiger charge is 2.06. The Balaban J connectivity index is 2.95. The van der Waals surface area contributed by atoms with Crippen molar-refractivity contribution in [1.29, 1.82) is 0 Å². The molecule has 1 aromatic heterocycles. The lowest BCUT2D eigenvalue weighted by Crippen LogP contribution is -1.98. The van der Waals surface area contributed by atoms with Crippen LogP contribution in [0, 0.1) is 0 Å². The summed E-state index contributed by atoms with van der Waals surface area (Å²) in [4.78, 5) is 14.7. The van der Waals surface area contributed by atoms with Gasteiger partial charge in [0.15, 0.2) is 17.1 Å². The van der Waals surface area contributed by atoms with E-state index in [0.717, 1.165) is 0 Å². The van der Waals surface area contributed by atoms with Crippen molar-refractivity contribution in [3.63, 3.8) is 0 Å². The second-order valence-electron chi connectivity index (χ2n) is 1.88. The molecule has 0 aliphatic carbocycles. The van der Waals surface area contributed by atoms with Crippen molar-refractivity contribution >= 4 is 28.5 Å². The first-order valence-corrected chi connectivity index (χ1v) is 3.94. The van der Waals surface area contributed by atoms with Crippen molar-refractivity contribution in [2.75, 3.05) is 12.4 Å². The molecule has 0 aromatic carbocycles. The Morgan fingerprint density at radius 2 is 2.67 bits per heavy atom. The van der Waals surface area contributed by atoms with Gasteiger partial charge in [-0.25, -0.2) is 4.98 Å². The summed E-state index contributed by atoms with van der Waals surface area (Å²) in [7, 11) is 1.72. The summed E-state index contributed by atoms with van der Waals surface area (Å²) < 4.78 is 0. The van der Waals surface area contributed by atoms with E-state index in [9.17, 15) is 4.79 Å². The lowest BCUT2D eigenvalue weighted by molar-refractivity contribution is -0.102. The summed E-state index contributed by atoms with van der Waals surface area (Å²) in [6.45, 7) is 0. The first kappa shape index (κ1) is 8.66. The highest BCUT2D eigenvalue weighted by Crippen LogP contribution is 2.17. The van der Waals surface area contributed by atoms with Gasteiger partial charge in [0.2, 0.25) is 0 Å².